The topological polar surface area (TPSA) is 0 Å². The fraction of sp³-hybridized carbons (Fsp3) is 1.00. The molecule has 0 N–H and O–H groups in total. The van der Waals surface area contributed by atoms with Gasteiger partial charge in [0.1, 0.15) is 0 Å². The summed E-state index contributed by atoms with van der Waals surface area (Å²) in [5.74, 6) is 1.72. The molecule has 0 atom stereocenters. The van der Waals surface area contributed by atoms with Gasteiger partial charge in [-0.05, 0) is 11.8 Å². The van der Waals surface area contributed by atoms with Gasteiger partial charge < -0.3 is 0 Å². The number of hydrogen-bond donors (Lipinski definition) is 0. The summed E-state index contributed by atoms with van der Waals surface area (Å²) in [6.45, 7) is 17.1. The van der Waals surface area contributed by atoms with E-state index in [-0.39, 0.29) is 1.43 Å². The van der Waals surface area contributed by atoms with Crippen LogP contribution in [0.2, 0.25) is 0 Å². The van der Waals surface area contributed by atoms with E-state index in [4.69, 9.17) is 0 Å². The van der Waals surface area contributed by atoms with Crippen molar-refractivity contribution in [2.24, 2.45) is 11.8 Å². The Kier molecular flexibility index (Phi) is 25.8. The summed E-state index contributed by atoms with van der Waals surface area (Å²) in [4.78, 5) is 0. The van der Waals surface area contributed by atoms with Gasteiger partial charge in [-0.25, -0.2) is 0 Å². The maximum Gasteiger partial charge on any atom is 0 e. The lowest BCUT2D eigenvalue weighted by molar-refractivity contribution is 0.626. The predicted molar refractivity (Wildman–Crippen MR) is 59.1 cm³/mol. The molecule has 0 radical (unpaired) electrons. The molecule has 0 aliphatic carbocycles. The Morgan fingerprint density at radius 1 is 0.909 bits per heavy atom. The van der Waals surface area contributed by atoms with E-state index in [0.29, 0.717) is 0 Å². The molecule has 0 saturated carbocycles. The highest BCUT2D eigenvalue weighted by molar-refractivity contribution is 4.32. The van der Waals surface area contributed by atoms with Crippen molar-refractivity contribution in [2.75, 3.05) is 0 Å². The molecule has 0 rings (SSSR count). The molecule has 0 aromatic carbocycles. The van der Waals surface area contributed by atoms with Crippen LogP contribution in [-0.2, 0) is 0 Å². The smallest absolute Gasteiger partial charge is 0 e. The third kappa shape index (κ3) is 160. The van der Waals surface area contributed by atoms with Crippen molar-refractivity contribution in [3.63, 3.8) is 0 Å². The van der Waals surface area contributed by atoms with E-state index in [2.05, 4.69) is 41.5 Å². The van der Waals surface area contributed by atoms with E-state index in [9.17, 15) is 0 Å². The average molecular weight is 163 g/mol. The molecule has 0 heteroatoms. The maximum atomic E-state index is 2.22. The van der Waals surface area contributed by atoms with E-state index < -0.39 is 0 Å². The van der Waals surface area contributed by atoms with E-state index in [1.165, 1.54) is 6.42 Å². The van der Waals surface area contributed by atoms with Crippen molar-refractivity contribution in [3.8, 4) is 0 Å². The molecule has 74 valence electrons. The Labute approximate surface area is 75.9 Å². The first-order chi connectivity index (χ1) is 5.00. The second-order valence-corrected chi connectivity index (χ2v) is 3.53. The highest BCUT2D eigenvalue weighted by atomic mass is 13.9. The van der Waals surface area contributed by atoms with Crippen LogP contribution in [0.4, 0.5) is 0 Å². The van der Waals surface area contributed by atoms with Gasteiger partial charge in [0.25, 0.3) is 0 Å². The summed E-state index contributed by atoms with van der Waals surface area (Å²) in [6, 6.07) is 0. The van der Waals surface area contributed by atoms with Crippen LogP contribution >= 0.6 is 0 Å². The summed E-state index contributed by atoms with van der Waals surface area (Å²) in [5.41, 5.74) is 0. The van der Waals surface area contributed by atoms with Crippen molar-refractivity contribution < 1.29 is 1.43 Å². The first-order valence-electron chi connectivity index (χ1n) is 5.00. The fourth-order valence-corrected chi connectivity index (χ4v) is 0. The van der Waals surface area contributed by atoms with Crippen molar-refractivity contribution >= 4 is 0 Å². The monoisotopic (exact) mass is 163 g/mol. The van der Waals surface area contributed by atoms with E-state index in [0.717, 1.165) is 11.8 Å². The first kappa shape index (κ1) is 17.2. The molecule has 0 unspecified atom stereocenters. The highest BCUT2D eigenvalue weighted by Crippen LogP contribution is 1.93. The van der Waals surface area contributed by atoms with Crippen LogP contribution in [0.25, 0.3) is 0 Å². The molecule has 0 aromatic heterocycles. The lowest BCUT2D eigenvalue weighted by Gasteiger charge is -1.90. The van der Waals surface area contributed by atoms with Gasteiger partial charge in [-0.2, -0.15) is 0 Å². The number of hydrogen-bond acceptors (Lipinski definition) is 0. The molecular formula is C11H30. The van der Waals surface area contributed by atoms with Crippen LogP contribution in [0.15, 0.2) is 0 Å². The summed E-state index contributed by atoms with van der Waals surface area (Å²) < 4.78 is 0. The quantitative estimate of drug-likeness (QED) is 0.511. The summed E-state index contributed by atoms with van der Waals surface area (Å²) in [7, 11) is 0. The molecule has 0 spiro atoms. The van der Waals surface area contributed by atoms with E-state index in [1.807, 2.05) is 13.8 Å². The molecule has 0 aromatic rings. The first-order valence-corrected chi connectivity index (χ1v) is 5.00. The standard InChI is InChI=1S/C5H12.C4H10.C2H6.H2/c1-4-5(2)3;1-4(2)3;1-2;/h5H,4H2,1-3H3;4H,1-3H3;1-2H3;1H/i;;;1+1. The minimum absolute atomic E-state index is 0. The summed E-state index contributed by atoms with van der Waals surface area (Å²) >= 11 is 0. The van der Waals surface area contributed by atoms with Crippen LogP contribution in [0, 0.1) is 11.8 Å². The maximum absolute atomic E-state index is 2.22. The second kappa shape index (κ2) is 16.5. The van der Waals surface area contributed by atoms with Gasteiger partial charge in [-0.1, -0.05) is 61.8 Å². The average Bonchev–Trinajstić information content (AvgIpc) is 1.91. The summed E-state index contributed by atoms with van der Waals surface area (Å²) in [6.07, 6.45) is 1.31. The van der Waals surface area contributed by atoms with Crippen molar-refractivity contribution in [1.82, 2.24) is 0 Å². The molecule has 0 aliphatic heterocycles. The Balaban J connectivity index is -0.0000000419. The van der Waals surface area contributed by atoms with Crippen LogP contribution in [-0.4, -0.2) is 0 Å². The van der Waals surface area contributed by atoms with E-state index in [1.54, 1.807) is 0 Å². The molecule has 0 saturated heterocycles. The highest BCUT2D eigenvalue weighted by Gasteiger charge is 1.80. The Morgan fingerprint density at radius 2 is 1.00 bits per heavy atom. The van der Waals surface area contributed by atoms with E-state index >= 15 is 0 Å². The SMILES string of the molecule is CC.CC(C)C.CCC(C)C.[2HH]. The Morgan fingerprint density at radius 3 is 1.00 bits per heavy atom. The third-order valence-corrected chi connectivity index (χ3v) is 0.816. The Hall–Kier alpha value is 0. The normalized spacial score (nSPS) is 8.18. The zero-order valence-corrected chi connectivity index (χ0v) is 9.86. The zero-order chi connectivity index (χ0) is 9.86. The third-order valence-electron chi connectivity index (χ3n) is 0.816. The van der Waals surface area contributed by atoms with Gasteiger partial charge in [-0.3, -0.25) is 0 Å². The predicted octanol–water partition coefficient (Wildman–Crippen LogP) is 4.99. The van der Waals surface area contributed by atoms with Crippen molar-refractivity contribution in [3.05, 3.63) is 0 Å². The molecule has 0 bridgehead atoms. The van der Waals surface area contributed by atoms with Crippen molar-refractivity contribution in [1.29, 1.82) is 0 Å². The number of rotatable bonds is 1. The van der Waals surface area contributed by atoms with Crippen LogP contribution < -0.4 is 0 Å². The molecule has 0 nitrogen and oxygen atoms in total. The molecule has 0 heterocycles. The van der Waals surface area contributed by atoms with Gasteiger partial charge in [0.05, 0.1) is 0 Å². The van der Waals surface area contributed by atoms with Gasteiger partial charge in [0.15, 0.2) is 0 Å². The zero-order valence-electron chi connectivity index (χ0n) is 9.86. The molecule has 0 amide bonds. The molecule has 0 fully saturated rings. The second-order valence-electron chi connectivity index (χ2n) is 3.53. The molecule has 0 aliphatic rings. The molecular weight excluding hydrogens is 132 g/mol. The minimum Gasteiger partial charge on any atom is -0.0683 e. The molecule has 11 heavy (non-hydrogen) atoms. The Bertz CT molecular complexity index is 37.5. The van der Waals surface area contributed by atoms with Gasteiger partial charge >= 0.3 is 0 Å². The minimum atomic E-state index is 0. The van der Waals surface area contributed by atoms with Crippen molar-refractivity contribution in [2.45, 2.75) is 61.8 Å². The van der Waals surface area contributed by atoms with Crippen LogP contribution in [0.1, 0.15) is 63.2 Å². The summed E-state index contributed by atoms with van der Waals surface area (Å²) in [5, 5.41) is 0. The lowest BCUT2D eigenvalue weighted by atomic mass is 10.2. The van der Waals surface area contributed by atoms with Gasteiger partial charge in [-0.15, -0.1) is 0 Å². The lowest BCUT2D eigenvalue weighted by Crippen LogP contribution is -1.77. The van der Waals surface area contributed by atoms with Gasteiger partial charge in [0, 0.05) is 1.43 Å². The largest absolute Gasteiger partial charge is 0.0683 e. The van der Waals surface area contributed by atoms with Gasteiger partial charge in [0.2, 0.25) is 0 Å². The fourth-order valence-electron chi connectivity index (χ4n) is 0. The van der Waals surface area contributed by atoms with Crippen LogP contribution in [0.3, 0.4) is 0 Å². The van der Waals surface area contributed by atoms with Crippen LogP contribution in [0.5, 0.6) is 0 Å².